The van der Waals surface area contributed by atoms with Crippen LogP contribution in [0.2, 0.25) is 0 Å². The van der Waals surface area contributed by atoms with E-state index in [0.29, 0.717) is 35.8 Å². The Balaban J connectivity index is 1.45. The molecule has 0 spiro atoms. The fourth-order valence-corrected chi connectivity index (χ4v) is 5.07. The summed E-state index contributed by atoms with van der Waals surface area (Å²) in [5.41, 5.74) is 1.69. The zero-order chi connectivity index (χ0) is 22.2. The van der Waals surface area contributed by atoms with Crippen LogP contribution >= 0.6 is 11.3 Å². The predicted octanol–water partition coefficient (Wildman–Crippen LogP) is 2.44. The molecule has 1 aliphatic rings. The summed E-state index contributed by atoms with van der Waals surface area (Å²) in [7, 11) is -0.628. The van der Waals surface area contributed by atoms with Gasteiger partial charge in [0.05, 0.1) is 29.0 Å². The number of furan rings is 1. The smallest absolute Gasteiger partial charge is 0.260 e. The molecule has 1 aliphatic heterocycles. The van der Waals surface area contributed by atoms with Gasteiger partial charge in [0.1, 0.15) is 6.26 Å². The molecule has 2 amide bonds. The maximum atomic E-state index is 12.9. The fraction of sp³-hybridized carbons (Fsp3) is 0.250. The van der Waals surface area contributed by atoms with Gasteiger partial charge >= 0.3 is 0 Å². The lowest BCUT2D eigenvalue weighted by molar-refractivity contribution is 0.0736. The van der Waals surface area contributed by atoms with Crippen molar-refractivity contribution < 1.29 is 22.4 Å². The Morgan fingerprint density at radius 1 is 1.16 bits per heavy atom. The zero-order valence-electron chi connectivity index (χ0n) is 16.9. The Bertz CT molecular complexity index is 1220. The number of carbonyl (C=O) groups is 2. The maximum absolute atomic E-state index is 12.9. The third kappa shape index (κ3) is 4.24. The van der Waals surface area contributed by atoms with Crippen LogP contribution in [0, 0.1) is 0 Å². The van der Waals surface area contributed by atoms with Gasteiger partial charge < -0.3 is 9.32 Å². The Labute approximate surface area is 183 Å². The molecule has 0 fully saturated rings. The Morgan fingerprint density at radius 3 is 2.55 bits per heavy atom. The molecule has 1 N–H and O–H groups in total. The molecule has 1 aromatic carbocycles. The third-order valence-electron chi connectivity index (χ3n) is 4.90. The summed E-state index contributed by atoms with van der Waals surface area (Å²) < 4.78 is 30.4. The number of thiazole rings is 1. The van der Waals surface area contributed by atoms with Crippen molar-refractivity contribution in [1.29, 1.82) is 0 Å². The van der Waals surface area contributed by atoms with E-state index in [1.54, 1.807) is 11.0 Å². The molecule has 31 heavy (non-hydrogen) atoms. The highest BCUT2D eigenvalue weighted by Gasteiger charge is 2.26. The lowest BCUT2D eigenvalue weighted by atomic mass is 10.1. The number of benzene rings is 1. The molecule has 162 valence electrons. The van der Waals surface area contributed by atoms with E-state index >= 15 is 0 Å². The summed E-state index contributed by atoms with van der Waals surface area (Å²) in [5.74, 6) is -0.489. The molecule has 0 saturated carbocycles. The number of anilines is 1. The van der Waals surface area contributed by atoms with E-state index in [1.807, 2.05) is 0 Å². The minimum atomic E-state index is -3.55. The minimum Gasteiger partial charge on any atom is -0.472 e. The number of nitrogens with zero attached hydrogens (tertiary/aromatic N) is 3. The maximum Gasteiger partial charge on any atom is 0.260 e. The van der Waals surface area contributed by atoms with E-state index in [4.69, 9.17) is 4.42 Å². The zero-order valence-corrected chi connectivity index (χ0v) is 18.5. The lowest BCUT2D eigenvalue weighted by Crippen LogP contribution is -2.35. The largest absolute Gasteiger partial charge is 0.472 e. The van der Waals surface area contributed by atoms with E-state index in [1.165, 1.54) is 62.2 Å². The SMILES string of the molecule is CN(C)S(=O)(=O)c1ccc(C(=O)N2CCc3nc(NC(=O)c4ccoc4)sc3C2)cc1. The number of aromatic nitrogens is 1. The van der Waals surface area contributed by atoms with Crippen molar-refractivity contribution in [3.05, 3.63) is 64.6 Å². The van der Waals surface area contributed by atoms with Gasteiger partial charge in [-0.25, -0.2) is 17.7 Å². The summed E-state index contributed by atoms with van der Waals surface area (Å²) in [6.45, 7) is 0.869. The van der Waals surface area contributed by atoms with Crippen LogP contribution in [-0.2, 0) is 23.0 Å². The number of hydrogen-bond donors (Lipinski definition) is 1. The topological polar surface area (TPSA) is 113 Å². The minimum absolute atomic E-state index is 0.135. The standard InChI is InChI=1S/C20H20N4O5S2/c1-23(2)31(27,28)15-5-3-13(4-6-15)19(26)24-9-7-16-17(11-24)30-20(21-16)22-18(25)14-8-10-29-12-14/h3-6,8,10,12H,7,9,11H2,1-2H3,(H,21,22,25). The van der Waals surface area contributed by atoms with Crippen LogP contribution in [0.5, 0.6) is 0 Å². The highest BCUT2D eigenvalue weighted by molar-refractivity contribution is 7.89. The van der Waals surface area contributed by atoms with Crippen LogP contribution in [0.25, 0.3) is 0 Å². The number of carbonyl (C=O) groups excluding carboxylic acids is 2. The summed E-state index contributed by atoms with van der Waals surface area (Å²) in [6, 6.07) is 7.50. The molecule has 2 aromatic heterocycles. The Morgan fingerprint density at radius 2 is 1.90 bits per heavy atom. The monoisotopic (exact) mass is 460 g/mol. The van der Waals surface area contributed by atoms with Gasteiger partial charge in [0.25, 0.3) is 11.8 Å². The molecule has 0 bridgehead atoms. The second-order valence-corrected chi connectivity index (χ2v) is 10.4. The highest BCUT2D eigenvalue weighted by Crippen LogP contribution is 2.29. The van der Waals surface area contributed by atoms with Crippen LogP contribution in [0.3, 0.4) is 0 Å². The molecule has 11 heteroatoms. The molecule has 0 unspecified atom stereocenters. The fourth-order valence-electron chi connectivity index (χ4n) is 3.15. The predicted molar refractivity (Wildman–Crippen MR) is 115 cm³/mol. The average molecular weight is 461 g/mol. The van der Waals surface area contributed by atoms with E-state index in [9.17, 15) is 18.0 Å². The lowest BCUT2D eigenvalue weighted by Gasteiger charge is -2.26. The molecule has 4 rings (SSSR count). The van der Waals surface area contributed by atoms with Crippen LogP contribution in [0.15, 0.2) is 52.2 Å². The third-order valence-corrected chi connectivity index (χ3v) is 7.73. The molecule has 0 atom stereocenters. The van der Waals surface area contributed by atoms with Gasteiger partial charge in [-0.3, -0.25) is 14.9 Å². The van der Waals surface area contributed by atoms with E-state index < -0.39 is 10.0 Å². The van der Waals surface area contributed by atoms with Crippen molar-refractivity contribution in [2.75, 3.05) is 26.0 Å². The Kier molecular flexibility index (Phi) is 5.65. The first-order valence-corrected chi connectivity index (χ1v) is 11.7. The molecular formula is C20H20N4O5S2. The first-order chi connectivity index (χ1) is 14.8. The van der Waals surface area contributed by atoms with Crippen LogP contribution < -0.4 is 5.32 Å². The van der Waals surface area contributed by atoms with E-state index in [0.717, 1.165) is 14.9 Å². The van der Waals surface area contributed by atoms with Gasteiger partial charge in [-0.1, -0.05) is 11.3 Å². The van der Waals surface area contributed by atoms with Gasteiger partial charge in [-0.05, 0) is 30.3 Å². The molecule has 9 nitrogen and oxygen atoms in total. The molecule has 0 radical (unpaired) electrons. The van der Waals surface area contributed by atoms with Crippen LogP contribution in [0.4, 0.5) is 5.13 Å². The van der Waals surface area contributed by atoms with Crippen LogP contribution in [-0.4, -0.2) is 55.1 Å². The molecular weight excluding hydrogens is 440 g/mol. The average Bonchev–Trinajstić information content (AvgIpc) is 3.42. The summed E-state index contributed by atoms with van der Waals surface area (Å²) in [5, 5.41) is 3.23. The van der Waals surface area contributed by atoms with E-state index in [2.05, 4.69) is 10.3 Å². The van der Waals surface area contributed by atoms with Crippen molar-refractivity contribution >= 4 is 38.3 Å². The summed E-state index contributed by atoms with van der Waals surface area (Å²) in [4.78, 5) is 32.3. The first-order valence-electron chi connectivity index (χ1n) is 9.39. The van der Waals surface area contributed by atoms with Gasteiger partial charge in [0.2, 0.25) is 10.0 Å². The van der Waals surface area contributed by atoms with Gasteiger partial charge in [-0.2, -0.15) is 0 Å². The number of nitrogens with one attached hydrogen (secondary N) is 1. The number of rotatable bonds is 5. The molecule has 0 aliphatic carbocycles. The van der Waals surface area contributed by atoms with Crippen molar-refractivity contribution in [2.45, 2.75) is 17.9 Å². The second-order valence-electron chi connectivity index (χ2n) is 7.14. The summed E-state index contributed by atoms with van der Waals surface area (Å²) in [6.07, 6.45) is 3.36. The van der Waals surface area contributed by atoms with E-state index in [-0.39, 0.29) is 16.7 Å². The first kappa shape index (κ1) is 21.2. The van der Waals surface area contributed by atoms with Crippen molar-refractivity contribution in [3.63, 3.8) is 0 Å². The highest BCUT2D eigenvalue weighted by atomic mass is 32.2. The number of amides is 2. The quantitative estimate of drug-likeness (QED) is 0.626. The molecule has 3 heterocycles. The number of sulfonamides is 1. The van der Waals surface area contributed by atoms with Gasteiger partial charge in [0.15, 0.2) is 5.13 Å². The van der Waals surface area contributed by atoms with Crippen molar-refractivity contribution in [3.8, 4) is 0 Å². The normalized spacial score (nSPS) is 13.8. The van der Waals surface area contributed by atoms with Crippen molar-refractivity contribution in [1.82, 2.24) is 14.2 Å². The molecule has 3 aromatic rings. The Hall–Kier alpha value is -3.02. The van der Waals surface area contributed by atoms with Gasteiger partial charge in [0, 0.05) is 37.5 Å². The van der Waals surface area contributed by atoms with Crippen molar-refractivity contribution in [2.24, 2.45) is 0 Å². The number of hydrogen-bond acceptors (Lipinski definition) is 7. The summed E-state index contributed by atoms with van der Waals surface area (Å²) >= 11 is 1.33. The molecule has 0 saturated heterocycles. The van der Waals surface area contributed by atoms with Gasteiger partial charge in [-0.15, -0.1) is 0 Å². The number of fused-ring (bicyclic) bond motifs is 1. The van der Waals surface area contributed by atoms with Crippen LogP contribution in [0.1, 0.15) is 31.3 Å². The second kappa shape index (κ2) is 8.25.